The molecule has 0 spiro atoms. The third-order valence-corrected chi connectivity index (χ3v) is 7.00. The number of thiophene rings is 1. The molecule has 5 rings (SSSR count). The molecule has 2 fully saturated rings. The van der Waals surface area contributed by atoms with Gasteiger partial charge in [0.05, 0.1) is 23.2 Å². The van der Waals surface area contributed by atoms with Crippen molar-refractivity contribution in [3.05, 3.63) is 49.8 Å². The van der Waals surface area contributed by atoms with Gasteiger partial charge < -0.3 is 14.8 Å². The number of amides is 2. The van der Waals surface area contributed by atoms with Crippen LogP contribution in [0.2, 0.25) is 0 Å². The summed E-state index contributed by atoms with van der Waals surface area (Å²) in [5.41, 5.74) is 1.25. The second-order valence-electron chi connectivity index (χ2n) is 8.15. The maximum absolute atomic E-state index is 13.0. The minimum atomic E-state index is -0.231. The molecule has 152 valence electrons. The number of carbonyl (C=O) groups is 2. The number of H-pyrrole nitrogens is 1. The van der Waals surface area contributed by atoms with E-state index in [0.29, 0.717) is 48.0 Å². The van der Waals surface area contributed by atoms with Crippen LogP contribution in [0.25, 0.3) is 0 Å². The van der Waals surface area contributed by atoms with Crippen molar-refractivity contribution >= 4 is 23.2 Å². The molecular weight excluding hydrogens is 388 g/mol. The monoisotopic (exact) mass is 412 g/mol. The summed E-state index contributed by atoms with van der Waals surface area (Å²) in [6.07, 6.45) is 5.21. The van der Waals surface area contributed by atoms with Crippen molar-refractivity contribution in [2.24, 2.45) is 5.92 Å². The lowest BCUT2D eigenvalue weighted by Crippen LogP contribution is -2.42. The second-order valence-corrected chi connectivity index (χ2v) is 9.10. The van der Waals surface area contributed by atoms with Crippen LogP contribution in [-0.4, -0.2) is 44.7 Å². The number of fused-ring (bicyclic) bond motifs is 1. The van der Waals surface area contributed by atoms with Crippen LogP contribution in [0.3, 0.4) is 0 Å². The van der Waals surface area contributed by atoms with Crippen LogP contribution in [0.4, 0.5) is 0 Å². The third-order valence-electron chi connectivity index (χ3n) is 6.14. The number of carbonyl (C=O) groups excluding carboxylic acids is 2. The first-order valence-corrected chi connectivity index (χ1v) is 11.2. The molecular formula is C21H24N4O3S. The van der Waals surface area contributed by atoms with E-state index in [2.05, 4.69) is 4.98 Å². The highest BCUT2D eigenvalue weighted by molar-refractivity contribution is 7.12. The molecule has 4 heterocycles. The molecule has 7 nitrogen and oxygen atoms in total. The molecule has 1 saturated heterocycles. The highest BCUT2D eigenvalue weighted by Gasteiger charge is 2.36. The van der Waals surface area contributed by atoms with Crippen LogP contribution < -0.4 is 5.56 Å². The lowest BCUT2D eigenvalue weighted by Gasteiger charge is -2.35. The van der Waals surface area contributed by atoms with Crippen molar-refractivity contribution in [2.75, 3.05) is 13.1 Å². The van der Waals surface area contributed by atoms with Gasteiger partial charge in [-0.1, -0.05) is 6.07 Å². The lowest BCUT2D eigenvalue weighted by atomic mass is 10.00. The van der Waals surface area contributed by atoms with Gasteiger partial charge in [-0.2, -0.15) is 0 Å². The Kier molecular flexibility index (Phi) is 4.73. The molecule has 1 saturated carbocycles. The maximum Gasteiger partial charge on any atom is 0.264 e. The van der Waals surface area contributed by atoms with E-state index in [-0.39, 0.29) is 29.3 Å². The Labute approximate surface area is 172 Å². The van der Waals surface area contributed by atoms with Gasteiger partial charge in [0.1, 0.15) is 5.82 Å². The van der Waals surface area contributed by atoms with Gasteiger partial charge in [0.15, 0.2) is 0 Å². The van der Waals surface area contributed by atoms with Crippen LogP contribution in [0.5, 0.6) is 0 Å². The first kappa shape index (κ1) is 18.5. The van der Waals surface area contributed by atoms with E-state index in [9.17, 15) is 14.4 Å². The van der Waals surface area contributed by atoms with E-state index in [1.165, 1.54) is 11.3 Å². The Balaban J connectivity index is 1.45. The smallest absolute Gasteiger partial charge is 0.264 e. The molecule has 0 aromatic carbocycles. The largest absolute Gasteiger partial charge is 0.336 e. The van der Waals surface area contributed by atoms with Gasteiger partial charge in [-0.05, 0) is 50.0 Å². The molecule has 0 unspecified atom stereocenters. The van der Waals surface area contributed by atoms with E-state index < -0.39 is 0 Å². The normalized spacial score (nSPS) is 21.7. The van der Waals surface area contributed by atoms with E-state index in [0.717, 1.165) is 32.1 Å². The van der Waals surface area contributed by atoms with Crippen molar-refractivity contribution in [3.63, 3.8) is 0 Å². The van der Waals surface area contributed by atoms with Crippen LogP contribution in [-0.2, 0) is 17.8 Å². The fourth-order valence-corrected chi connectivity index (χ4v) is 5.07. The number of nitrogens with one attached hydrogen (secondary N) is 1. The van der Waals surface area contributed by atoms with Crippen molar-refractivity contribution in [2.45, 2.75) is 51.1 Å². The fraction of sp³-hybridized carbons (Fsp3) is 0.524. The van der Waals surface area contributed by atoms with Crippen molar-refractivity contribution in [1.82, 2.24) is 19.8 Å². The Morgan fingerprint density at radius 1 is 1.17 bits per heavy atom. The summed E-state index contributed by atoms with van der Waals surface area (Å²) in [6.45, 7) is 1.64. The zero-order chi connectivity index (χ0) is 20.0. The van der Waals surface area contributed by atoms with Gasteiger partial charge in [0.2, 0.25) is 5.91 Å². The molecule has 1 atom stereocenters. The Bertz CT molecular complexity index is 996. The third kappa shape index (κ3) is 3.50. The summed E-state index contributed by atoms with van der Waals surface area (Å²) in [5.74, 6) is 0.899. The molecule has 2 aromatic rings. The van der Waals surface area contributed by atoms with Gasteiger partial charge in [0.25, 0.3) is 11.5 Å². The molecule has 2 amide bonds. The standard InChI is InChI=1S/C21H24N4O3S/c26-19-14-8-10-24(20(27)13-6-7-13)12-15(14)22-18(23-19)16-4-1-2-9-25(16)21(28)17-5-3-11-29-17/h3,5,11,13,16H,1-2,4,6-10,12H2,(H,22,23,26)/t16-/m1/s1. The van der Waals surface area contributed by atoms with Crippen LogP contribution in [0.15, 0.2) is 22.3 Å². The maximum atomic E-state index is 13.0. The summed E-state index contributed by atoms with van der Waals surface area (Å²) in [7, 11) is 0. The lowest BCUT2D eigenvalue weighted by molar-refractivity contribution is -0.133. The molecule has 0 bridgehead atoms. The molecule has 2 aromatic heterocycles. The van der Waals surface area contributed by atoms with Crippen molar-refractivity contribution in [1.29, 1.82) is 0 Å². The molecule has 2 aliphatic heterocycles. The first-order valence-electron chi connectivity index (χ1n) is 10.4. The highest BCUT2D eigenvalue weighted by atomic mass is 32.1. The number of aromatic nitrogens is 2. The molecule has 29 heavy (non-hydrogen) atoms. The van der Waals surface area contributed by atoms with E-state index in [1.54, 1.807) is 0 Å². The first-order chi connectivity index (χ1) is 14.1. The summed E-state index contributed by atoms with van der Waals surface area (Å²) in [5, 5.41) is 1.90. The zero-order valence-electron chi connectivity index (χ0n) is 16.2. The molecule has 8 heteroatoms. The minimum absolute atomic E-state index is 0.00407. The summed E-state index contributed by atoms with van der Waals surface area (Å²) >= 11 is 1.43. The molecule has 1 aliphatic carbocycles. The topological polar surface area (TPSA) is 86.4 Å². The zero-order valence-corrected chi connectivity index (χ0v) is 17.0. The Hall–Kier alpha value is -2.48. The van der Waals surface area contributed by atoms with Gasteiger partial charge in [-0.25, -0.2) is 4.98 Å². The van der Waals surface area contributed by atoms with Gasteiger partial charge in [-0.3, -0.25) is 14.4 Å². The van der Waals surface area contributed by atoms with Gasteiger partial charge in [0, 0.05) is 24.6 Å². The van der Waals surface area contributed by atoms with Gasteiger partial charge in [-0.15, -0.1) is 11.3 Å². The summed E-state index contributed by atoms with van der Waals surface area (Å²) in [6, 6.07) is 3.48. The van der Waals surface area contributed by atoms with E-state index in [4.69, 9.17) is 4.98 Å². The number of rotatable bonds is 3. The highest BCUT2D eigenvalue weighted by Crippen LogP contribution is 2.33. The molecule has 3 aliphatic rings. The van der Waals surface area contributed by atoms with Crippen LogP contribution in [0.1, 0.15) is 64.9 Å². The molecule has 1 N–H and O–H groups in total. The van der Waals surface area contributed by atoms with Crippen molar-refractivity contribution in [3.8, 4) is 0 Å². The minimum Gasteiger partial charge on any atom is -0.336 e. The number of hydrogen-bond acceptors (Lipinski definition) is 5. The summed E-state index contributed by atoms with van der Waals surface area (Å²) < 4.78 is 0. The number of nitrogens with zero attached hydrogens (tertiary/aromatic N) is 3. The predicted octanol–water partition coefficient (Wildman–Crippen LogP) is 2.49. The quantitative estimate of drug-likeness (QED) is 0.839. The van der Waals surface area contributed by atoms with Crippen molar-refractivity contribution < 1.29 is 9.59 Å². The average molecular weight is 413 g/mol. The number of likely N-dealkylation sites (tertiary alicyclic amines) is 1. The Morgan fingerprint density at radius 2 is 2.03 bits per heavy atom. The van der Waals surface area contributed by atoms with Crippen LogP contribution >= 0.6 is 11.3 Å². The predicted molar refractivity (Wildman–Crippen MR) is 109 cm³/mol. The van der Waals surface area contributed by atoms with E-state index in [1.807, 2.05) is 27.3 Å². The van der Waals surface area contributed by atoms with E-state index >= 15 is 0 Å². The number of hydrogen-bond donors (Lipinski definition) is 1. The average Bonchev–Trinajstić information content (AvgIpc) is 3.46. The summed E-state index contributed by atoms with van der Waals surface area (Å²) in [4.78, 5) is 50.4. The number of piperidine rings is 1. The van der Waals surface area contributed by atoms with Gasteiger partial charge >= 0.3 is 0 Å². The molecule has 0 radical (unpaired) electrons. The number of aromatic amines is 1. The SMILES string of the molecule is O=C(C1CC1)N1CCc2c(nc([C@H]3CCCCN3C(=O)c3cccs3)[nH]c2=O)C1. The van der Waals surface area contributed by atoms with Crippen LogP contribution in [0, 0.1) is 5.92 Å². The fourth-order valence-electron chi connectivity index (χ4n) is 4.39. The Morgan fingerprint density at radius 3 is 2.79 bits per heavy atom. The second kappa shape index (κ2) is 7.40.